The second-order valence-corrected chi connectivity index (χ2v) is 6.71. The van der Waals surface area contributed by atoms with Gasteiger partial charge in [-0.3, -0.25) is 9.59 Å². The molecular formula is C23H23NO5. The fraction of sp³-hybridized carbons (Fsp3) is 0.217. The molecule has 1 amide bonds. The molecule has 0 fully saturated rings. The Kier molecular flexibility index (Phi) is 6.46. The predicted molar refractivity (Wildman–Crippen MR) is 109 cm³/mol. The third-order valence-electron chi connectivity index (χ3n) is 4.73. The number of ether oxygens (including phenoxy) is 1. The van der Waals surface area contributed by atoms with Gasteiger partial charge in [0.25, 0.3) is 5.91 Å². The fourth-order valence-electron chi connectivity index (χ4n) is 3.38. The number of phenols is 1. The Morgan fingerprint density at radius 1 is 1.14 bits per heavy atom. The highest BCUT2D eigenvalue weighted by Gasteiger charge is 2.42. The number of allylic oxidation sites excluding steroid dienone is 1. The molecule has 0 bridgehead atoms. The van der Waals surface area contributed by atoms with E-state index in [1.165, 1.54) is 23.1 Å². The minimum Gasteiger partial charge on any atom is -0.508 e. The summed E-state index contributed by atoms with van der Waals surface area (Å²) in [6, 6.07) is 14.9. The molecule has 0 radical (unpaired) electrons. The maximum Gasteiger partial charge on any atom is 0.290 e. The molecule has 2 N–H and O–H groups in total. The minimum absolute atomic E-state index is 0.00481. The first kappa shape index (κ1) is 20.4. The van der Waals surface area contributed by atoms with Crippen LogP contribution in [0.2, 0.25) is 0 Å². The molecule has 3 rings (SSSR count). The first-order valence-corrected chi connectivity index (χ1v) is 9.32. The SMILES string of the molecule is COCCCN1C(=O)C(O)=C(C(=O)/C=C/c2ccccc2)C1c1cccc(O)c1. The lowest BCUT2D eigenvalue weighted by molar-refractivity contribution is -0.129. The van der Waals surface area contributed by atoms with Crippen molar-refractivity contribution in [1.82, 2.24) is 4.90 Å². The number of methoxy groups -OCH3 is 1. The molecule has 1 atom stereocenters. The van der Waals surface area contributed by atoms with Crippen molar-refractivity contribution >= 4 is 17.8 Å². The van der Waals surface area contributed by atoms with Gasteiger partial charge in [0.05, 0.1) is 11.6 Å². The highest BCUT2D eigenvalue weighted by Crippen LogP contribution is 2.38. The van der Waals surface area contributed by atoms with Crippen LogP contribution in [-0.2, 0) is 14.3 Å². The Bertz CT molecular complexity index is 949. The molecule has 0 aliphatic carbocycles. The van der Waals surface area contributed by atoms with Crippen LogP contribution in [0.1, 0.15) is 23.6 Å². The first-order chi connectivity index (χ1) is 14.0. The van der Waals surface area contributed by atoms with Crippen molar-refractivity contribution in [3.8, 4) is 5.75 Å². The molecule has 0 aromatic heterocycles. The summed E-state index contributed by atoms with van der Waals surface area (Å²) in [4.78, 5) is 27.1. The van der Waals surface area contributed by atoms with E-state index in [4.69, 9.17) is 4.74 Å². The number of hydrogen-bond donors (Lipinski definition) is 2. The standard InChI is InChI=1S/C23H23NO5/c1-29-14-6-13-24-21(17-9-5-10-18(25)15-17)20(22(27)23(24)28)19(26)12-11-16-7-3-2-4-8-16/h2-5,7-12,15,21,25,27H,6,13-14H2,1H3/b12-11+. The highest BCUT2D eigenvalue weighted by atomic mass is 16.5. The van der Waals surface area contributed by atoms with Crippen molar-refractivity contribution in [2.45, 2.75) is 12.5 Å². The van der Waals surface area contributed by atoms with Gasteiger partial charge in [-0.05, 0) is 35.8 Å². The number of rotatable bonds is 8. The lowest BCUT2D eigenvalue weighted by Crippen LogP contribution is -2.32. The summed E-state index contributed by atoms with van der Waals surface area (Å²) in [5.41, 5.74) is 1.39. The summed E-state index contributed by atoms with van der Waals surface area (Å²) in [6.45, 7) is 0.741. The topological polar surface area (TPSA) is 87.1 Å². The summed E-state index contributed by atoms with van der Waals surface area (Å²) in [7, 11) is 1.57. The molecular weight excluding hydrogens is 370 g/mol. The normalized spacial score (nSPS) is 16.8. The second-order valence-electron chi connectivity index (χ2n) is 6.71. The van der Waals surface area contributed by atoms with Gasteiger partial charge in [0.15, 0.2) is 11.5 Å². The molecule has 150 valence electrons. The van der Waals surface area contributed by atoms with Crippen LogP contribution in [0.15, 0.2) is 72.0 Å². The maximum absolute atomic E-state index is 12.9. The van der Waals surface area contributed by atoms with Crippen LogP contribution in [0.5, 0.6) is 5.75 Å². The molecule has 29 heavy (non-hydrogen) atoms. The number of carbonyl (C=O) groups is 2. The molecule has 2 aromatic rings. The van der Waals surface area contributed by atoms with E-state index in [0.29, 0.717) is 25.1 Å². The number of nitrogens with zero attached hydrogens (tertiary/aromatic N) is 1. The molecule has 1 unspecified atom stereocenters. The van der Waals surface area contributed by atoms with Gasteiger partial charge in [-0.2, -0.15) is 0 Å². The average molecular weight is 393 g/mol. The quantitative estimate of drug-likeness (QED) is 0.530. The van der Waals surface area contributed by atoms with Crippen LogP contribution < -0.4 is 0 Å². The number of carbonyl (C=O) groups excluding carboxylic acids is 2. The summed E-state index contributed by atoms with van der Waals surface area (Å²) in [5.74, 6) is -1.60. The van der Waals surface area contributed by atoms with E-state index in [0.717, 1.165) is 5.56 Å². The first-order valence-electron chi connectivity index (χ1n) is 9.32. The van der Waals surface area contributed by atoms with Gasteiger partial charge in [0.1, 0.15) is 5.75 Å². The Labute approximate surface area is 169 Å². The van der Waals surface area contributed by atoms with Crippen LogP contribution in [0.25, 0.3) is 6.08 Å². The van der Waals surface area contributed by atoms with Gasteiger partial charge >= 0.3 is 0 Å². The Hall–Kier alpha value is -3.38. The van der Waals surface area contributed by atoms with Crippen molar-refractivity contribution < 1.29 is 24.5 Å². The molecule has 1 aliphatic heterocycles. The van der Waals surface area contributed by atoms with Crippen LogP contribution in [0.4, 0.5) is 0 Å². The predicted octanol–water partition coefficient (Wildman–Crippen LogP) is 3.41. The molecule has 6 heteroatoms. The van der Waals surface area contributed by atoms with Crippen LogP contribution >= 0.6 is 0 Å². The number of aromatic hydroxyl groups is 1. The Morgan fingerprint density at radius 2 is 1.90 bits per heavy atom. The summed E-state index contributed by atoms with van der Waals surface area (Å²) in [5, 5.41) is 20.4. The zero-order chi connectivity index (χ0) is 20.8. The van der Waals surface area contributed by atoms with Crippen LogP contribution in [0, 0.1) is 0 Å². The number of ketones is 1. The van der Waals surface area contributed by atoms with Crippen molar-refractivity contribution in [3.05, 3.63) is 83.1 Å². The lowest BCUT2D eigenvalue weighted by Gasteiger charge is -2.26. The zero-order valence-corrected chi connectivity index (χ0v) is 16.1. The second kappa shape index (κ2) is 9.21. The van der Waals surface area contributed by atoms with Crippen molar-refractivity contribution in [2.24, 2.45) is 0 Å². The number of phenolic OH excluding ortho intramolecular Hbond substituents is 1. The number of amides is 1. The van der Waals surface area contributed by atoms with E-state index < -0.39 is 23.5 Å². The largest absolute Gasteiger partial charge is 0.508 e. The van der Waals surface area contributed by atoms with Crippen molar-refractivity contribution in [2.75, 3.05) is 20.3 Å². The van der Waals surface area contributed by atoms with Crippen molar-refractivity contribution in [3.63, 3.8) is 0 Å². The number of aliphatic hydroxyl groups excluding tert-OH is 1. The average Bonchev–Trinajstić information content (AvgIpc) is 2.98. The highest BCUT2D eigenvalue weighted by molar-refractivity contribution is 6.14. The minimum atomic E-state index is -0.778. The van der Waals surface area contributed by atoms with Gasteiger partial charge in [0.2, 0.25) is 0 Å². The molecule has 1 heterocycles. The molecule has 0 saturated carbocycles. The molecule has 0 spiro atoms. The fourth-order valence-corrected chi connectivity index (χ4v) is 3.38. The lowest BCUT2D eigenvalue weighted by atomic mass is 9.95. The summed E-state index contributed by atoms with van der Waals surface area (Å²) in [6.07, 6.45) is 3.54. The number of hydrogen-bond acceptors (Lipinski definition) is 5. The van der Waals surface area contributed by atoms with Gasteiger partial charge in [0, 0.05) is 20.3 Å². The third-order valence-corrected chi connectivity index (χ3v) is 4.73. The Balaban J connectivity index is 1.96. The van der Waals surface area contributed by atoms with Gasteiger partial charge in [-0.1, -0.05) is 48.5 Å². The monoisotopic (exact) mass is 393 g/mol. The van der Waals surface area contributed by atoms with E-state index in [1.807, 2.05) is 30.3 Å². The number of aliphatic hydroxyl groups is 1. The zero-order valence-electron chi connectivity index (χ0n) is 16.1. The summed E-state index contributed by atoms with van der Waals surface area (Å²) < 4.78 is 5.05. The molecule has 6 nitrogen and oxygen atoms in total. The van der Waals surface area contributed by atoms with E-state index in [1.54, 1.807) is 25.3 Å². The molecule has 0 saturated heterocycles. The third kappa shape index (κ3) is 4.55. The van der Waals surface area contributed by atoms with Gasteiger partial charge in [-0.15, -0.1) is 0 Å². The Morgan fingerprint density at radius 3 is 2.59 bits per heavy atom. The smallest absolute Gasteiger partial charge is 0.290 e. The van der Waals surface area contributed by atoms with E-state index in [-0.39, 0.29) is 11.3 Å². The molecule has 1 aliphatic rings. The summed E-state index contributed by atoms with van der Waals surface area (Å²) >= 11 is 0. The number of benzene rings is 2. The maximum atomic E-state index is 12.9. The van der Waals surface area contributed by atoms with Crippen LogP contribution in [0.3, 0.4) is 0 Å². The van der Waals surface area contributed by atoms with E-state index in [2.05, 4.69) is 0 Å². The van der Waals surface area contributed by atoms with E-state index in [9.17, 15) is 19.8 Å². The molecule has 2 aromatic carbocycles. The van der Waals surface area contributed by atoms with Crippen molar-refractivity contribution in [1.29, 1.82) is 0 Å². The van der Waals surface area contributed by atoms with Gasteiger partial charge in [-0.25, -0.2) is 0 Å². The van der Waals surface area contributed by atoms with E-state index >= 15 is 0 Å². The van der Waals surface area contributed by atoms with Gasteiger partial charge < -0.3 is 19.8 Å². The van der Waals surface area contributed by atoms with Crippen LogP contribution in [-0.4, -0.2) is 47.1 Å².